The Balaban J connectivity index is 1.59. The van der Waals surface area contributed by atoms with Crippen molar-refractivity contribution in [3.63, 3.8) is 0 Å². The van der Waals surface area contributed by atoms with Crippen LogP contribution in [0.3, 0.4) is 0 Å². The molecule has 0 radical (unpaired) electrons. The Morgan fingerprint density at radius 2 is 1.94 bits per heavy atom. The first-order valence-corrected chi connectivity index (χ1v) is 9.81. The largest absolute Gasteiger partial charge is 0.486 e. The fraction of sp³-hybridized carbons (Fsp3) is 0.182. The Bertz CT molecular complexity index is 1190. The minimum Gasteiger partial charge on any atom is -0.486 e. The van der Waals surface area contributed by atoms with Gasteiger partial charge in [-0.2, -0.15) is 0 Å². The van der Waals surface area contributed by atoms with E-state index in [9.17, 15) is 18.8 Å². The van der Waals surface area contributed by atoms with Crippen LogP contribution in [0.15, 0.2) is 59.5 Å². The van der Waals surface area contributed by atoms with Gasteiger partial charge >= 0.3 is 6.09 Å². The molecule has 4 N–H and O–H groups in total. The summed E-state index contributed by atoms with van der Waals surface area (Å²) < 4.78 is 25.0. The van der Waals surface area contributed by atoms with E-state index >= 15 is 0 Å². The highest BCUT2D eigenvalue weighted by Crippen LogP contribution is 2.20. The fourth-order valence-electron chi connectivity index (χ4n) is 2.69. The number of rotatable bonds is 9. The zero-order valence-electron chi connectivity index (χ0n) is 17.5. The van der Waals surface area contributed by atoms with Gasteiger partial charge in [-0.25, -0.2) is 14.2 Å². The molecule has 0 bridgehead atoms. The maximum absolute atomic E-state index is 14.4. The van der Waals surface area contributed by atoms with Crippen LogP contribution in [0.1, 0.15) is 22.8 Å². The second kappa shape index (κ2) is 10.8. The zero-order chi connectivity index (χ0) is 23.8. The second-order valence-corrected chi connectivity index (χ2v) is 6.97. The number of carbonyl (C=O) groups is 2. The van der Waals surface area contributed by atoms with E-state index in [1.54, 1.807) is 6.92 Å². The van der Waals surface area contributed by atoms with Crippen molar-refractivity contribution in [1.29, 1.82) is 0 Å². The van der Waals surface area contributed by atoms with Gasteiger partial charge in [-0.05, 0) is 30.7 Å². The number of ether oxygens (including phenoxy) is 2. The van der Waals surface area contributed by atoms with E-state index in [1.807, 2.05) is 30.3 Å². The second-order valence-electron chi connectivity index (χ2n) is 6.97. The number of nitrogens with zero attached hydrogens (tertiary/aromatic N) is 1. The smallest absolute Gasteiger partial charge is 0.404 e. The quantitative estimate of drug-likeness (QED) is 0.388. The van der Waals surface area contributed by atoms with Crippen LogP contribution in [0.25, 0.3) is 0 Å². The summed E-state index contributed by atoms with van der Waals surface area (Å²) >= 11 is 0. The minimum atomic E-state index is -1.21. The molecular formula is C22H21FN4O6. The van der Waals surface area contributed by atoms with Gasteiger partial charge in [0.2, 0.25) is 0 Å². The zero-order valence-corrected chi connectivity index (χ0v) is 17.5. The van der Waals surface area contributed by atoms with Crippen LogP contribution in [0, 0.1) is 5.82 Å². The number of carbonyl (C=O) groups excluding carboxylic acids is 1. The van der Waals surface area contributed by atoms with E-state index in [0.717, 1.165) is 17.8 Å². The molecule has 0 unspecified atom stereocenters. The van der Waals surface area contributed by atoms with Crippen LogP contribution in [0.2, 0.25) is 0 Å². The molecule has 1 aromatic heterocycles. The summed E-state index contributed by atoms with van der Waals surface area (Å²) in [6, 6.07) is 12.2. The number of halogens is 1. The molecule has 2 aromatic carbocycles. The molecule has 0 saturated heterocycles. The van der Waals surface area contributed by atoms with Crippen molar-refractivity contribution in [2.75, 3.05) is 11.9 Å². The van der Waals surface area contributed by atoms with E-state index < -0.39 is 29.4 Å². The summed E-state index contributed by atoms with van der Waals surface area (Å²) in [6.07, 6.45) is -0.132. The highest BCUT2D eigenvalue weighted by atomic mass is 19.1. The third kappa shape index (κ3) is 6.79. The van der Waals surface area contributed by atoms with E-state index in [2.05, 4.69) is 20.6 Å². The highest BCUT2D eigenvalue weighted by Gasteiger charge is 2.14. The van der Waals surface area contributed by atoms with Gasteiger partial charge < -0.3 is 25.2 Å². The number of hydrogen-bond acceptors (Lipinski definition) is 6. The SMILES string of the molecule is C[C@@H](COc1ncc(NC(=O)c2ccc(OCc3ccccc3)c(F)c2)c(=O)[nH]1)NC(=O)O. The molecule has 0 spiro atoms. The molecule has 1 heterocycles. The first kappa shape index (κ1) is 23.3. The topological polar surface area (TPSA) is 143 Å². The van der Waals surface area contributed by atoms with Crippen LogP contribution in [-0.4, -0.2) is 39.7 Å². The first-order valence-electron chi connectivity index (χ1n) is 9.81. The van der Waals surface area contributed by atoms with E-state index in [-0.39, 0.29) is 36.2 Å². The van der Waals surface area contributed by atoms with Crippen LogP contribution < -0.4 is 25.7 Å². The predicted octanol–water partition coefficient (Wildman–Crippen LogP) is 2.78. The van der Waals surface area contributed by atoms with E-state index in [0.29, 0.717) is 0 Å². The molecule has 3 rings (SSSR count). The molecule has 172 valence electrons. The monoisotopic (exact) mass is 456 g/mol. The Labute approximate surface area is 187 Å². The van der Waals surface area contributed by atoms with Gasteiger partial charge in [-0.1, -0.05) is 30.3 Å². The number of carboxylic acid groups (broad SMARTS) is 1. The van der Waals surface area contributed by atoms with Gasteiger partial charge in [0.25, 0.3) is 17.5 Å². The summed E-state index contributed by atoms with van der Waals surface area (Å²) in [6.45, 7) is 1.67. The number of anilines is 1. The lowest BCUT2D eigenvalue weighted by atomic mass is 10.2. The van der Waals surface area contributed by atoms with Gasteiger partial charge in [-0.3, -0.25) is 14.6 Å². The molecule has 33 heavy (non-hydrogen) atoms. The summed E-state index contributed by atoms with van der Waals surface area (Å²) in [5.41, 5.74) is -0.0253. The average Bonchev–Trinajstić information content (AvgIpc) is 2.78. The predicted molar refractivity (Wildman–Crippen MR) is 116 cm³/mol. The van der Waals surface area contributed by atoms with Crippen LogP contribution >= 0.6 is 0 Å². The number of aromatic amines is 1. The van der Waals surface area contributed by atoms with Gasteiger partial charge in [0, 0.05) is 5.56 Å². The molecule has 11 heteroatoms. The fourth-order valence-corrected chi connectivity index (χ4v) is 2.69. The Kier molecular flexibility index (Phi) is 7.58. The molecule has 0 aliphatic heterocycles. The number of nitrogens with one attached hydrogen (secondary N) is 3. The standard InChI is InChI=1S/C22H21FN4O6/c1-13(25-22(30)31)11-33-21-24-10-17(20(29)27-21)26-19(28)15-7-8-18(16(23)9-15)32-12-14-5-3-2-4-6-14/h2-10,13,25H,11-12H2,1H3,(H,26,28)(H,30,31)(H,24,27,29)/t13-/m0/s1. The van der Waals surface area contributed by atoms with Crippen molar-refractivity contribution in [3.05, 3.63) is 82.0 Å². The molecule has 0 aliphatic rings. The normalized spacial score (nSPS) is 11.3. The molecule has 0 saturated carbocycles. The number of hydrogen-bond donors (Lipinski definition) is 4. The van der Waals surface area contributed by atoms with Gasteiger partial charge in [-0.15, -0.1) is 0 Å². The minimum absolute atomic E-state index is 0.0111. The van der Waals surface area contributed by atoms with Crippen LogP contribution in [-0.2, 0) is 6.61 Å². The average molecular weight is 456 g/mol. The van der Waals surface area contributed by atoms with Gasteiger partial charge in [0.15, 0.2) is 11.6 Å². The molecular weight excluding hydrogens is 435 g/mol. The summed E-state index contributed by atoms with van der Waals surface area (Å²) in [4.78, 5) is 41.3. The van der Waals surface area contributed by atoms with Crippen molar-refractivity contribution in [2.45, 2.75) is 19.6 Å². The number of benzene rings is 2. The van der Waals surface area contributed by atoms with Crippen LogP contribution in [0.4, 0.5) is 14.9 Å². The number of H-pyrrole nitrogens is 1. The number of amides is 2. The molecule has 2 amide bonds. The third-order valence-corrected chi connectivity index (χ3v) is 4.30. The Hall–Kier alpha value is -4.41. The molecule has 0 aliphatic carbocycles. The summed E-state index contributed by atoms with van der Waals surface area (Å²) in [5.74, 6) is -1.45. The molecule has 3 aromatic rings. The lowest BCUT2D eigenvalue weighted by molar-refractivity contribution is 0.102. The van der Waals surface area contributed by atoms with E-state index in [4.69, 9.17) is 14.6 Å². The Morgan fingerprint density at radius 3 is 2.61 bits per heavy atom. The lowest BCUT2D eigenvalue weighted by Gasteiger charge is -2.12. The van der Waals surface area contributed by atoms with Crippen molar-refractivity contribution >= 4 is 17.7 Å². The number of aromatic nitrogens is 2. The van der Waals surface area contributed by atoms with Crippen molar-refractivity contribution < 1.29 is 28.6 Å². The maximum Gasteiger partial charge on any atom is 0.404 e. The van der Waals surface area contributed by atoms with Crippen molar-refractivity contribution in [2.24, 2.45) is 0 Å². The molecule has 0 fully saturated rings. The lowest BCUT2D eigenvalue weighted by Crippen LogP contribution is -2.36. The third-order valence-electron chi connectivity index (χ3n) is 4.30. The van der Waals surface area contributed by atoms with Gasteiger partial charge in [0.05, 0.1) is 12.2 Å². The van der Waals surface area contributed by atoms with Crippen molar-refractivity contribution in [1.82, 2.24) is 15.3 Å². The highest BCUT2D eigenvalue weighted by molar-refractivity contribution is 6.04. The van der Waals surface area contributed by atoms with Crippen molar-refractivity contribution in [3.8, 4) is 11.8 Å². The molecule has 10 nitrogen and oxygen atoms in total. The Morgan fingerprint density at radius 1 is 1.18 bits per heavy atom. The summed E-state index contributed by atoms with van der Waals surface area (Å²) in [5, 5.41) is 13.2. The molecule has 1 atom stereocenters. The van der Waals surface area contributed by atoms with E-state index in [1.165, 1.54) is 12.1 Å². The van der Waals surface area contributed by atoms with Crippen LogP contribution in [0.5, 0.6) is 11.8 Å². The maximum atomic E-state index is 14.4. The van der Waals surface area contributed by atoms with Gasteiger partial charge in [0.1, 0.15) is 18.9 Å². The summed E-state index contributed by atoms with van der Waals surface area (Å²) in [7, 11) is 0. The first-order chi connectivity index (χ1) is 15.8.